The molecule has 1 aromatic rings. The van der Waals surface area contributed by atoms with Gasteiger partial charge in [0, 0.05) is 19.0 Å². The molecular formula is C20H27N5O4. The van der Waals surface area contributed by atoms with Crippen LogP contribution in [-0.2, 0) is 9.59 Å². The fourth-order valence-electron chi connectivity index (χ4n) is 3.74. The van der Waals surface area contributed by atoms with Gasteiger partial charge in [-0.2, -0.15) is 0 Å². The van der Waals surface area contributed by atoms with E-state index in [-0.39, 0.29) is 36.9 Å². The molecule has 9 nitrogen and oxygen atoms in total. The first kappa shape index (κ1) is 20.6. The molecule has 0 atom stereocenters. The van der Waals surface area contributed by atoms with Gasteiger partial charge in [0.25, 0.3) is 5.91 Å². The molecule has 29 heavy (non-hydrogen) atoms. The van der Waals surface area contributed by atoms with Crippen LogP contribution in [0.4, 0.5) is 21.0 Å². The molecule has 3 rings (SSSR count). The van der Waals surface area contributed by atoms with E-state index in [2.05, 4.69) is 21.3 Å². The van der Waals surface area contributed by atoms with Crippen molar-refractivity contribution in [2.24, 2.45) is 0 Å². The molecule has 1 aliphatic heterocycles. The van der Waals surface area contributed by atoms with Gasteiger partial charge in [-0.3, -0.25) is 14.5 Å². The summed E-state index contributed by atoms with van der Waals surface area (Å²) in [6.45, 7) is 3.71. The van der Waals surface area contributed by atoms with Gasteiger partial charge in [-0.1, -0.05) is 25.0 Å². The van der Waals surface area contributed by atoms with Crippen LogP contribution in [0.15, 0.2) is 24.3 Å². The molecule has 0 bridgehead atoms. The summed E-state index contributed by atoms with van der Waals surface area (Å²) in [5.74, 6) is -0.586. The zero-order valence-corrected chi connectivity index (χ0v) is 16.7. The average molecular weight is 401 g/mol. The lowest BCUT2D eigenvalue weighted by molar-refractivity contribution is -0.131. The summed E-state index contributed by atoms with van der Waals surface area (Å²) in [6, 6.07) is 6.00. The van der Waals surface area contributed by atoms with Crippen molar-refractivity contribution in [3.63, 3.8) is 0 Å². The first-order valence-corrected chi connectivity index (χ1v) is 9.91. The zero-order chi connectivity index (χ0) is 21.0. The average Bonchev–Trinajstić information content (AvgIpc) is 3.20. The second-order valence-corrected chi connectivity index (χ2v) is 7.77. The predicted molar refractivity (Wildman–Crippen MR) is 108 cm³/mol. The summed E-state index contributed by atoms with van der Waals surface area (Å²) >= 11 is 0. The van der Waals surface area contributed by atoms with Crippen molar-refractivity contribution in [2.75, 3.05) is 17.2 Å². The SMILES string of the molecule is CC(C)NC(=O)Nc1ccccc1NC(=O)CCN1C(=O)NC2(CCCC2)C1=O. The first-order chi connectivity index (χ1) is 13.8. The second-order valence-electron chi connectivity index (χ2n) is 7.77. The van der Waals surface area contributed by atoms with Crippen molar-refractivity contribution in [2.45, 2.75) is 57.5 Å². The van der Waals surface area contributed by atoms with Gasteiger partial charge in [0.05, 0.1) is 11.4 Å². The second kappa shape index (κ2) is 8.50. The molecule has 6 amide bonds. The van der Waals surface area contributed by atoms with E-state index in [4.69, 9.17) is 0 Å². The number of carbonyl (C=O) groups is 4. The van der Waals surface area contributed by atoms with Crippen LogP contribution in [0, 0.1) is 0 Å². The third-order valence-corrected chi connectivity index (χ3v) is 5.13. The highest BCUT2D eigenvalue weighted by Gasteiger charge is 2.52. The third-order valence-electron chi connectivity index (χ3n) is 5.13. The van der Waals surface area contributed by atoms with Crippen LogP contribution in [-0.4, -0.2) is 46.9 Å². The summed E-state index contributed by atoms with van der Waals surface area (Å²) in [5.41, 5.74) is 0.133. The van der Waals surface area contributed by atoms with Gasteiger partial charge in [-0.25, -0.2) is 9.59 Å². The summed E-state index contributed by atoms with van der Waals surface area (Å²) in [6.07, 6.45) is 3.10. The molecule has 0 aromatic heterocycles. The maximum absolute atomic E-state index is 12.6. The molecule has 1 aliphatic carbocycles. The summed E-state index contributed by atoms with van der Waals surface area (Å²) < 4.78 is 0. The van der Waals surface area contributed by atoms with Gasteiger partial charge < -0.3 is 21.3 Å². The van der Waals surface area contributed by atoms with E-state index >= 15 is 0 Å². The fourth-order valence-corrected chi connectivity index (χ4v) is 3.74. The molecule has 1 spiro atoms. The minimum Gasteiger partial charge on any atom is -0.336 e. The molecule has 0 unspecified atom stereocenters. The lowest BCUT2D eigenvalue weighted by Crippen LogP contribution is -2.44. The monoisotopic (exact) mass is 401 g/mol. The zero-order valence-electron chi connectivity index (χ0n) is 16.7. The Hall–Kier alpha value is -3.10. The molecule has 2 aliphatic rings. The van der Waals surface area contributed by atoms with Crippen molar-refractivity contribution >= 4 is 35.3 Å². The first-order valence-electron chi connectivity index (χ1n) is 9.91. The highest BCUT2D eigenvalue weighted by atomic mass is 16.2. The Labute approximate surface area is 169 Å². The van der Waals surface area contributed by atoms with E-state index in [0.717, 1.165) is 17.7 Å². The minimum absolute atomic E-state index is 0.0156. The lowest BCUT2D eigenvalue weighted by atomic mass is 9.98. The maximum atomic E-state index is 12.6. The van der Waals surface area contributed by atoms with Gasteiger partial charge >= 0.3 is 12.1 Å². The summed E-state index contributed by atoms with van der Waals surface area (Å²) in [4.78, 5) is 50.3. The molecule has 9 heteroatoms. The highest BCUT2D eigenvalue weighted by molar-refractivity contribution is 6.07. The number of nitrogens with one attached hydrogen (secondary N) is 4. The predicted octanol–water partition coefficient (Wildman–Crippen LogP) is 2.41. The van der Waals surface area contributed by atoms with Gasteiger partial charge in [0.2, 0.25) is 5.91 Å². The van der Waals surface area contributed by atoms with Crippen LogP contribution < -0.4 is 21.3 Å². The molecule has 1 saturated heterocycles. The molecular weight excluding hydrogens is 374 g/mol. The van der Waals surface area contributed by atoms with Crippen molar-refractivity contribution in [3.8, 4) is 0 Å². The van der Waals surface area contributed by atoms with Crippen LogP contribution in [0.2, 0.25) is 0 Å². The third kappa shape index (κ3) is 4.67. The molecule has 1 aromatic carbocycles. The molecule has 156 valence electrons. The van der Waals surface area contributed by atoms with Crippen LogP contribution in [0.5, 0.6) is 0 Å². The van der Waals surface area contributed by atoms with Crippen molar-refractivity contribution in [3.05, 3.63) is 24.3 Å². The number of imide groups is 1. The number of hydrogen-bond acceptors (Lipinski definition) is 4. The van der Waals surface area contributed by atoms with Crippen LogP contribution in [0.3, 0.4) is 0 Å². The number of benzene rings is 1. The summed E-state index contributed by atoms with van der Waals surface area (Å²) in [5, 5.41) is 10.9. The fraction of sp³-hybridized carbons (Fsp3) is 0.500. The lowest BCUT2D eigenvalue weighted by Gasteiger charge is -2.20. The van der Waals surface area contributed by atoms with Crippen molar-refractivity contribution < 1.29 is 19.2 Å². The van der Waals surface area contributed by atoms with Gasteiger partial charge in [-0.15, -0.1) is 0 Å². The van der Waals surface area contributed by atoms with Crippen molar-refractivity contribution in [1.29, 1.82) is 0 Å². The number of urea groups is 2. The number of carbonyl (C=O) groups excluding carboxylic acids is 4. The van der Waals surface area contributed by atoms with E-state index in [1.807, 2.05) is 13.8 Å². The smallest absolute Gasteiger partial charge is 0.325 e. The number of para-hydroxylation sites is 2. The number of nitrogens with zero attached hydrogens (tertiary/aromatic N) is 1. The Morgan fingerprint density at radius 2 is 1.72 bits per heavy atom. The standard InChI is InChI=1S/C20H27N5O4/c1-13(2)21-18(28)23-15-8-4-3-7-14(15)22-16(26)9-12-25-17(27)20(24-19(25)29)10-5-6-11-20/h3-4,7-8,13H,5-6,9-12H2,1-2H3,(H,22,26)(H,24,29)(H2,21,23,28). The van der Waals surface area contributed by atoms with Crippen molar-refractivity contribution in [1.82, 2.24) is 15.5 Å². The van der Waals surface area contributed by atoms with Gasteiger partial charge in [0.1, 0.15) is 5.54 Å². The molecule has 2 fully saturated rings. The van der Waals surface area contributed by atoms with Crippen LogP contribution in [0.1, 0.15) is 46.0 Å². The Kier molecular flexibility index (Phi) is 6.05. The number of anilines is 2. The topological polar surface area (TPSA) is 120 Å². The molecule has 1 saturated carbocycles. The molecule has 0 radical (unpaired) electrons. The van der Waals surface area contributed by atoms with E-state index in [1.165, 1.54) is 0 Å². The van der Waals surface area contributed by atoms with E-state index in [0.29, 0.717) is 24.2 Å². The summed E-state index contributed by atoms with van der Waals surface area (Å²) in [7, 11) is 0. The Morgan fingerprint density at radius 3 is 2.34 bits per heavy atom. The minimum atomic E-state index is -0.770. The molecule has 4 N–H and O–H groups in total. The Balaban J connectivity index is 1.57. The normalized spacial score (nSPS) is 17.6. The highest BCUT2D eigenvalue weighted by Crippen LogP contribution is 2.35. The number of hydrogen-bond donors (Lipinski definition) is 4. The Bertz CT molecular complexity index is 817. The van der Waals surface area contributed by atoms with Crippen LogP contribution >= 0.6 is 0 Å². The van der Waals surface area contributed by atoms with Crippen LogP contribution in [0.25, 0.3) is 0 Å². The number of amides is 6. The molecule has 1 heterocycles. The number of rotatable bonds is 6. The van der Waals surface area contributed by atoms with Gasteiger partial charge in [0.15, 0.2) is 0 Å². The van der Waals surface area contributed by atoms with Gasteiger partial charge in [-0.05, 0) is 38.8 Å². The van der Waals surface area contributed by atoms with E-state index < -0.39 is 11.6 Å². The quantitative estimate of drug-likeness (QED) is 0.547. The maximum Gasteiger partial charge on any atom is 0.325 e. The van der Waals surface area contributed by atoms with E-state index in [1.54, 1.807) is 24.3 Å². The largest absolute Gasteiger partial charge is 0.336 e. The van der Waals surface area contributed by atoms with E-state index in [9.17, 15) is 19.2 Å². The Morgan fingerprint density at radius 1 is 1.10 bits per heavy atom.